The monoisotopic (exact) mass is 257 g/mol. The zero-order valence-electron chi connectivity index (χ0n) is 11.3. The van der Waals surface area contributed by atoms with Gasteiger partial charge < -0.3 is 20.6 Å². The summed E-state index contributed by atoms with van der Waals surface area (Å²) in [6.45, 7) is 5.06. The normalized spacial score (nSPS) is 20.7. The Kier molecular flexibility index (Phi) is 4.95. The van der Waals surface area contributed by atoms with Crippen molar-refractivity contribution in [3.8, 4) is 0 Å². The zero-order chi connectivity index (χ0) is 13.8. The molecule has 1 aliphatic rings. The van der Waals surface area contributed by atoms with E-state index in [1.807, 2.05) is 7.05 Å². The van der Waals surface area contributed by atoms with E-state index in [9.17, 15) is 9.59 Å². The number of amides is 2. The number of carboxylic acids is 1. The van der Waals surface area contributed by atoms with Gasteiger partial charge in [0.15, 0.2) is 0 Å². The second-order valence-corrected chi connectivity index (χ2v) is 5.57. The van der Waals surface area contributed by atoms with E-state index in [1.165, 1.54) is 0 Å². The van der Waals surface area contributed by atoms with Crippen LogP contribution < -0.4 is 10.6 Å². The lowest BCUT2D eigenvalue weighted by molar-refractivity contribution is -0.138. The lowest BCUT2D eigenvalue weighted by atomic mass is 10.0. The molecule has 1 unspecified atom stereocenters. The predicted octanol–water partition coefficient (Wildman–Crippen LogP) is 0.633. The number of nitrogens with zero attached hydrogens (tertiary/aromatic N) is 1. The quantitative estimate of drug-likeness (QED) is 0.675. The first-order valence-electron chi connectivity index (χ1n) is 6.28. The van der Waals surface area contributed by atoms with Gasteiger partial charge in [-0.1, -0.05) is 0 Å². The third kappa shape index (κ3) is 4.91. The Balaban J connectivity index is 2.30. The first-order valence-corrected chi connectivity index (χ1v) is 6.28. The maximum atomic E-state index is 11.7. The highest BCUT2D eigenvalue weighted by molar-refractivity contribution is 5.76. The molecule has 18 heavy (non-hydrogen) atoms. The van der Waals surface area contributed by atoms with Crippen molar-refractivity contribution in [2.24, 2.45) is 0 Å². The minimum absolute atomic E-state index is 0.0935. The molecule has 6 nitrogen and oxygen atoms in total. The molecule has 0 radical (unpaired) electrons. The number of carbonyl (C=O) groups is 2. The number of aliphatic carboxylic acids is 1. The van der Waals surface area contributed by atoms with E-state index in [0.717, 1.165) is 19.4 Å². The Morgan fingerprint density at radius 1 is 1.44 bits per heavy atom. The number of nitrogens with one attached hydrogen (secondary N) is 2. The van der Waals surface area contributed by atoms with Gasteiger partial charge in [0.2, 0.25) is 0 Å². The van der Waals surface area contributed by atoms with E-state index < -0.39 is 11.5 Å². The molecule has 1 aliphatic heterocycles. The third-order valence-electron chi connectivity index (χ3n) is 3.21. The van der Waals surface area contributed by atoms with Gasteiger partial charge in [-0.2, -0.15) is 0 Å². The summed E-state index contributed by atoms with van der Waals surface area (Å²) in [5.41, 5.74) is -0.739. The maximum absolute atomic E-state index is 11.7. The Bertz CT molecular complexity index is 318. The average Bonchev–Trinajstić information content (AvgIpc) is 2.58. The summed E-state index contributed by atoms with van der Waals surface area (Å²) < 4.78 is 0. The van der Waals surface area contributed by atoms with Crippen LogP contribution in [0.1, 0.15) is 33.1 Å². The van der Waals surface area contributed by atoms with Gasteiger partial charge in [-0.05, 0) is 40.3 Å². The van der Waals surface area contributed by atoms with Gasteiger partial charge in [-0.3, -0.25) is 4.79 Å². The number of likely N-dealkylation sites (tertiary alicyclic amines) is 1. The van der Waals surface area contributed by atoms with Crippen LogP contribution in [0.2, 0.25) is 0 Å². The fourth-order valence-corrected chi connectivity index (χ4v) is 2.22. The molecule has 0 bridgehead atoms. The van der Waals surface area contributed by atoms with Crippen molar-refractivity contribution < 1.29 is 14.7 Å². The number of likely N-dealkylation sites (N-methyl/N-ethyl adjacent to an activating group) is 1. The molecule has 1 atom stereocenters. The van der Waals surface area contributed by atoms with Crippen LogP contribution >= 0.6 is 0 Å². The summed E-state index contributed by atoms with van der Waals surface area (Å²) in [5.74, 6) is -0.921. The summed E-state index contributed by atoms with van der Waals surface area (Å²) in [6.07, 6.45) is 2.16. The first kappa shape index (κ1) is 14.8. The summed E-state index contributed by atoms with van der Waals surface area (Å²) in [4.78, 5) is 24.5. The summed E-state index contributed by atoms with van der Waals surface area (Å²) in [5, 5.41) is 14.2. The van der Waals surface area contributed by atoms with Crippen LogP contribution in [0.4, 0.5) is 4.79 Å². The van der Waals surface area contributed by atoms with Crippen molar-refractivity contribution in [2.75, 3.05) is 20.1 Å². The van der Waals surface area contributed by atoms with E-state index in [0.29, 0.717) is 12.6 Å². The second-order valence-electron chi connectivity index (χ2n) is 5.57. The SMILES string of the molecule is CN1CCCC1CNC(=O)NC(C)(C)CC(=O)O. The number of hydrogen-bond acceptors (Lipinski definition) is 3. The average molecular weight is 257 g/mol. The van der Waals surface area contributed by atoms with Crippen molar-refractivity contribution in [3.63, 3.8) is 0 Å². The molecule has 1 saturated heterocycles. The molecule has 6 heteroatoms. The van der Waals surface area contributed by atoms with Crippen molar-refractivity contribution in [1.82, 2.24) is 15.5 Å². The van der Waals surface area contributed by atoms with Crippen LogP contribution in [0.3, 0.4) is 0 Å². The molecule has 1 heterocycles. The topological polar surface area (TPSA) is 81.7 Å². The van der Waals surface area contributed by atoms with Gasteiger partial charge in [-0.25, -0.2) is 4.79 Å². The standard InChI is InChI=1S/C12H23N3O3/c1-12(2,7-10(16)17)14-11(18)13-8-9-5-4-6-15(9)3/h9H,4-8H2,1-3H3,(H,16,17)(H2,13,14,18). The van der Waals surface area contributed by atoms with Gasteiger partial charge in [0.1, 0.15) is 0 Å². The molecule has 3 N–H and O–H groups in total. The summed E-state index contributed by atoms with van der Waals surface area (Å²) in [7, 11) is 2.05. The molecule has 0 aromatic heterocycles. The van der Waals surface area contributed by atoms with E-state index in [-0.39, 0.29) is 12.5 Å². The third-order valence-corrected chi connectivity index (χ3v) is 3.21. The van der Waals surface area contributed by atoms with Gasteiger partial charge in [0, 0.05) is 18.1 Å². The molecule has 0 aliphatic carbocycles. The van der Waals surface area contributed by atoms with Gasteiger partial charge in [-0.15, -0.1) is 0 Å². The number of rotatable bonds is 5. The number of urea groups is 1. The predicted molar refractivity (Wildman–Crippen MR) is 68.5 cm³/mol. The Morgan fingerprint density at radius 3 is 2.61 bits per heavy atom. The molecule has 2 amide bonds. The minimum Gasteiger partial charge on any atom is -0.481 e. The first-order chi connectivity index (χ1) is 8.30. The number of hydrogen-bond donors (Lipinski definition) is 3. The smallest absolute Gasteiger partial charge is 0.315 e. The maximum Gasteiger partial charge on any atom is 0.315 e. The van der Waals surface area contributed by atoms with Crippen molar-refractivity contribution in [3.05, 3.63) is 0 Å². The van der Waals surface area contributed by atoms with Crippen molar-refractivity contribution in [2.45, 2.75) is 44.7 Å². The van der Waals surface area contributed by atoms with E-state index in [1.54, 1.807) is 13.8 Å². The van der Waals surface area contributed by atoms with Crippen LogP contribution in [0.15, 0.2) is 0 Å². The largest absolute Gasteiger partial charge is 0.481 e. The number of carboxylic acid groups (broad SMARTS) is 1. The molecule has 0 aromatic carbocycles. The highest BCUT2D eigenvalue weighted by Crippen LogP contribution is 2.13. The van der Waals surface area contributed by atoms with Gasteiger partial charge in [0.25, 0.3) is 0 Å². The van der Waals surface area contributed by atoms with Crippen LogP contribution in [0, 0.1) is 0 Å². The molecule has 0 spiro atoms. The fourth-order valence-electron chi connectivity index (χ4n) is 2.22. The van der Waals surface area contributed by atoms with Crippen molar-refractivity contribution in [1.29, 1.82) is 0 Å². The van der Waals surface area contributed by atoms with Gasteiger partial charge in [0.05, 0.1) is 6.42 Å². The van der Waals surface area contributed by atoms with E-state index in [4.69, 9.17) is 5.11 Å². The molecule has 1 rings (SSSR count). The van der Waals surface area contributed by atoms with E-state index in [2.05, 4.69) is 15.5 Å². The highest BCUT2D eigenvalue weighted by Gasteiger charge is 2.25. The summed E-state index contributed by atoms with van der Waals surface area (Å²) >= 11 is 0. The molecular weight excluding hydrogens is 234 g/mol. The van der Waals surface area contributed by atoms with Crippen LogP contribution in [-0.4, -0.2) is 53.7 Å². The van der Waals surface area contributed by atoms with E-state index >= 15 is 0 Å². The highest BCUT2D eigenvalue weighted by atomic mass is 16.4. The molecular formula is C12H23N3O3. The molecule has 0 aromatic rings. The van der Waals surface area contributed by atoms with Crippen molar-refractivity contribution >= 4 is 12.0 Å². The van der Waals surface area contributed by atoms with Crippen LogP contribution in [0.25, 0.3) is 0 Å². The Hall–Kier alpha value is -1.30. The minimum atomic E-state index is -0.921. The van der Waals surface area contributed by atoms with Crippen LogP contribution in [0.5, 0.6) is 0 Å². The molecule has 1 fully saturated rings. The second kappa shape index (κ2) is 6.04. The Labute approximate surface area is 108 Å². The fraction of sp³-hybridized carbons (Fsp3) is 0.833. The lowest BCUT2D eigenvalue weighted by Crippen LogP contribution is -2.51. The van der Waals surface area contributed by atoms with Gasteiger partial charge >= 0.3 is 12.0 Å². The Morgan fingerprint density at radius 2 is 2.11 bits per heavy atom. The lowest BCUT2D eigenvalue weighted by Gasteiger charge is -2.26. The van der Waals surface area contributed by atoms with Crippen LogP contribution in [-0.2, 0) is 4.79 Å². The zero-order valence-corrected chi connectivity index (χ0v) is 11.3. The number of carbonyl (C=O) groups excluding carboxylic acids is 1. The summed E-state index contributed by atoms with van der Waals surface area (Å²) in [6, 6.07) is 0.0832. The molecule has 0 saturated carbocycles. The molecule has 104 valence electrons.